The van der Waals surface area contributed by atoms with Gasteiger partial charge in [-0.05, 0) is 24.1 Å². The fourth-order valence-corrected chi connectivity index (χ4v) is 3.14. The van der Waals surface area contributed by atoms with Gasteiger partial charge in [-0.2, -0.15) is 8.78 Å². The van der Waals surface area contributed by atoms with E-state index >= 15 is 0 Å². The van der Waals surface area contributed by atoms with E-state index in [0.29, 0.717) is 0 Å². The Kier molecular flexibility index (Phi) is 4.79. The molecule has 2 aromatic rings. The number of halogens is 2. The van der Waals surface area contributed by atoms with Crippen molar-refractivity contribution in [3.05, 3.63) is 65.7 Å². The Bertz CT molecular complexity index is 780. The average Bonchev–Trinajstić information content (AvgIpc) is 2.62. The molecule has 1 N–H and O–H groups in total. The van der Waals surface area contributed by atoms with E-state index in [2.05, 4.69) is 5.32 Å². The third-order valence-electron chi connectivity index (χ3n) is 4.39. The summed E-state index contributed by atoms with van der Waals surface area (Å²) in [5.41, 5.74) is 2.50. The molecule has 0 spiro atoms. The number of anilines is 1. The van der Waals surface area contributed by atoms with Crippen LogP contribution in [0, 0.1) is 0 Å². The maximum atomic E-state index is 12.9. The van der Waals surface area contributed by atoms with Gasteiger partial charge in [-0.1, -0.05) is 48.5 Å². The second-order valence-electron chi connectivity index (χ2n) is 5.99. The maximum absolute atomic E-state index is 12.9. The first-order valence-electron chi connectivity index (χ1n) is 8.03. The van der Waals surface area contributed by atoms with E-state index < -0.39 is 18.4 Å². The van der Waals surface area contributed by atoms with Gasteiger partial charge in [0.1, 0.15) is 6.04 Å². The van der Waals surface area contributed by atoms with Gasteiger partial charge < -0.3 is 10.2 Å². The lowest BCUT2D eigenvalue weighted by Crippen LogP contribution is -2.54. The van der Waals surface area contributed by atoms with Crippen molar-refractivity contribution in [2.75, 3.05) is 4.90 Å². The van der Waals surface area contributed by atoms with Crippen molar-refractivity contribution in [1.82, 2.24) is 5.32 Å². The van der Waals surface area contributed by atoms with Crippen LogP contribution >= 0.6 is 0 Å². The molecule has 0 aliphatic carbocycles. The molecule has 1 aliphatic heterocycles. The number of hydrogen-bond donors (Lipinski definition) is 1. The topological polar surface area (TPSA) is 49.4 Å². The van der Waals surface area contributed by atoms with Gasteiger partial charge in [0.25, 0.3) is 5.91 Å². The highest BCUT2D eigenvalue weighted by molar-refractivity contribution is 6.02. The third-order valence-corrected chi connectivity index (χ3v) is 4.39. The summed E-state index contributed by atoms with van der Waals surface area (Å²) < 4.78 is 25.2. The Labute approximate surface area is 144 Å². The van der Waals surface area contributed by atoms with Crippen LogP contribution in [-0.2, 0) is 16.0 Å². The first-order chi connectivity index (χ1) is 12.0. The lowest BCUT2D eigenvalue weighted by Gasteiger charge is -2.38. The monoisotopic (exact) mass is 344 g/mol. The Morgan fingerprint density at radius 3 is 2.44 bits per heavy atom. The smallest absolute Gasteiger partial charge is 0.315 e. The second kappa shape index (κ2) is 7.01. The molecule has 0 radical (unpaired) electrons. The summed E-state index contributed by atoms with van der Waals surface area (Å²) in [7, 11) is 0. The highest BCUT2D eigenvalue weighted by Gasteiger charge is 2.37. The first kappa shape index (κ1) is 17.1. The molecule has 0 saturated heterocycles. The van der Waals surface area contributed by atoms with Crippen LogP contribution in [0.1, 0.15) is 24.1 Å². The van der Waals surface area contributed by atoms with E-state index in [4.69, 9.17) is 0 Å². The zero-order chi connectivity index (χ0) is 18.0. The molecule has 25 heavy (non-hydrogen) atoms. The van der Waals surface area contributed by atoms with Crippen LogP contribution in [0.15, 0.2) is 54.6 Å². The molecule has 3 rings (SSSR count). The van der Waals surface area contributed by atoms with Crippen LogP contribution in [0.4, 0.5) is 14.5 Å². The molecule has 2 atom stereocenters. The number of nitrogens with zero attached hydrogens (tertiary/aromatic N) is 1. The molecule has 1 unspecified atom stereocenters. The minimum absolute atomic E-state index is 0.200. The lowest BCUT2D eigenvalue weighted by molar-refractivity contribution is -0.135. The predicted molar refractivity (Wildman–Crippen MR) is 90.4 cm³/mol. The number of nitrogens with one attached hydrogen (secondary N) is 1. The molecule has 0 saturated carbocycles. The van der Waals surface area contributed by atoms with E-state index in [1.54, 1.807) is 4.90 Å². The Balaban J connectivity index is 1.97. The van der Waals surface area contributed by atoms with Crippen molar-refractivity contribution in [1.29, 1.82) is 0 Å². The lowest BCUT2D eigenvalue weighted by atomic mass is 9.94. The van der Waals surface area contributed by atoms with Gasteiger partial charge >= 0.3 is 6.43 Å². The third kappa shape index (κ3) is 3.38. The number of amides is 2. The van der Waals surface area contributed by atoms with Crippen LogP contribution in [0.3, 0.4) is 0 Å². The predicted octanol–water partition coefficient (Wildman–Crippen LogP) is 3.09. The van der Waals surface area contributed by atoms with Crippen molar-refractivity contribution in [2.24, 2.45) is 0 Å². The van der Waals surface area contributed by atoms with Crippen molar-refractivity contribution < 1.29 is 18.4 Å². The number of rotatable bonds is 4. The van der Waals surface area contributed by atoms with Gasteiger partial charge in [0.2, 0.25) is 5.91 Å². The summed E-state index contributed by atoms with van der Waals surface area (Å²) in [5.74, 6) is -1.81. The number of hydrogen-bond acceptors (Lipinski definition) is 2. The number of fused-ring (bicyclic) bond motifs is 1. The highest BCUT2D eigenvalue weighted by Crippen LogP contribution is 2.34. The SMILES string of the molecule is CC(c1ccccc1)N1C(=O)[C@H](NC(=O)C(F)F)Cc2ccccc21. The van der Waals surface area contributed by atoms with Crippen molar-refractivity contribution in [2.45, 2.75) is 31.9 Å². The molecule has 1 heterocycles. The summed E-state index contributed by atoms with van der Waals surface area (Å²) in [5, 5.41) is 2.17. The number of alkyl halides is 2. The summed E-state index contributed by atoms with van der Waals surface area (Å²) in [6.07, 6.45) is -2.95. The van der Waals surface area contributed by atoms with Crippen molar-refractivity contribution >= 4 is 17.5 Å². The number of benzene rings is 2. The van der Waals surface area contributed by atoms with Crippen LogP contribution in [0.25, 0.3) is 0 Å². The zero-order valence-electron chi connectivity index (χ0n) is 13.7. The average molecular weight is 344 g/mol. The molecule has 2 amide bonds. The quantitative estimate of drug-likeness (QED) is 0.927. The highest BCUT2D eigenvalue weighted by atomic mass is 19.3. The summed E-state index contributed by atoms with van der Waals surface area (Å²) >= 11 is 0. The molecule has 130 valence electrons. The van der Waals surface area contributed by atoms with E-state index in [-0.39, 0.29) is 18.4 Å². The minimum Gasteiger partial charge on any atom is -0.339 e. The van der Waals surface area contributed by atoms with Gasteiger partial charge in [0.15, 0.2) is 0 Å². The fourth-order valence-electron chi connectivity index (χ4n) is 3.14. The van der Waals surface area contributed by atoms with Crippen LogP contribution in [0.2, 0.25) is 0 Å². The van der Waals surface area contributed by atoms with Crippen LogP contribution < -0.4 is 10.2 Å². The molecule has 4 nitrogen and oxygen atoms in total. The van der Waals surface area contributed by atoms with E-state index in [9.17, 15) is 18.4 Å². The van der Waals surface area contributed by atoms with Gasteiger partial charge in [0, 0.05) is 12.1 Å². The van der Waals surface area contributed by atoms with Crippen LogP contribution in [-0.4, -0.2) is 24.3 Å². The molecular formula is C19H18F2N2O2. The second-order valence-corrected chi connectivity index (χ2v) is 5.99. The number of carbonyl (C=O) groups excluding carboxylic acids is 2. The molecule has 0 fully saturated rings. The molecular weight excluding hydrogens is 326 g/mol. The van der Waals surface area contributed by atoms with Gasteiger partial charge in [-0.3, -0.25) is 9.59 Å². The fraction of sp³-hybridized carbons (Fsp3) is 0.263. The first-order valence-corrected chi connectivity index (χ1v) is 8.03. The summed E-state index contributed by atoms with van der Waals surface area (Å²) in [6, 6.07) is 15.5. The van der Waals surface area contributed by atoms with E-state index in [1.165, 1.54) is 0 Å². The number of para-hydroxylation sites is 1. The normalized spacial score (nSPS) is 18.0. The van der Waals surface area contributed by atoms with E-state index in [1.807, 2.05) is 61.5 Å². The molecule has 2 aromatic carbocycles. The maximum Gasteiger partial charge on any atom is 0.315 e. The number of carbonyl (C=O) groups is 2. The van der Waals surface area contributed by atoms with Gasteiger partial charge in [-0.25, -0.2) is 0 Å². The molecule has 0 aromatic heterocycles. The zero-order valence-corrected chi connectivity index (χ0v) is 13.7. The summed E-state index contributed by atoms with van der Waals surface area (Å²) in [4.78, 5) is 25.9. The Hall–Kier alpha value is -2.76. The van der Waals surface area contributed by atoms with Gasteiger partial charge in [0.05, 0.1) is 6.04 Å². The van der Waals surface area contributed by atoms with E-state index in [0.717, 1.165) is 16.8 Å². The van der Waals surface area contributed by atoms with Crippen molar-refractivity contribution in [3.8, 4) is 0 Å². The Morgan fingerprint density at radius 2 is 1.76 bits per heavy atom. The largest absolute Gasteiger partial charge is 0.339 e. The van der Waals surface area contributed by atoms with Crippen LogP contribution in [0.5, 0.6) is 0 Å². The minimum atomic E-state index is -3.15. The molecule has 1 aliphatic rings. The Morgan fingerprint density at radius 1 is 1.12 bits per heavy atom. The van der Waals surface area contributed by atoms with Gasteiger partial charge in [-0.15, -0.1) is 0 Å². The summed E-state index contributed by atoms with van der Waals surface area (Å²) in [6.45, 7) is 1.88. The standard InChI is InChI=1S/C19H18F2N2O2/c1-12(13-7-3-2-4-8-13)23-16-10-6-5-9-14(16)11-15(19(23)25)22-18(24)17(20)21/h2-10,12,15,17H,11H2,1H3,(H,22,24)/t12?,15-/m1/s1. The molecule has 6 heteroatoms. The molecule has 0 bridgehead atoms. The van der Waals surface area contributed by atoms with Crippen molar-refractivity contribution in [3.63, 3.8) is 0 Å².